The zero-order chi connectivity index (χ0) is 22.2. The molecule has 0 atom stereocenters. The van der Waals surface area contributed by atoms with Crippen molar-refractivity contribution in [1.82, 2.24) is 19.7 Å². The molecule has 1 aliphatic heterocycles. The normalized spacial score (nSPS) is 14.2. The van der Waals surface area contributed by atoms with E-state index in [0.29, 0.717) is 24.5 Å². The van der Waals surface area contributed by atoms with Crippen molar-refractivity contribution in [3.05, 3.63) is 67.3 Å². The van der Waals surface area contributed by atoms with Crippen LogP contribution in [0.5, 0.6) is 5.75 Å². The van der Waals surface area contributed by atoms with Gasteiger partial charge < -0.3 is 15.0 Å². The maximum Gasteiger partial charge on any atom is 0.244 e. The quantitative estimate of drug-likeness (QED) is 0.530. The van der Waals surface area contributed by atoms with Crippen LogP contribution >= 0.6 is 11.8 Å². The van der Waals surface area contributed by atoms with Gasteiger partial charge in [-0.3, -0.25) is 19.3 Å². The molecule has 4 rings (SSSR count). The minimum Gasteiger partial charge on any atom is -0.489 e. The summed E-state index contributed by atoms with van der Waals surface area (Å²) in [6.07, 6.45) is 8.30. The van der Waals surface area contributed by atoms with E-state index in [1.54, 1.807) is 29.5 Å². The average Bonchev–Trinajstić information content (AvgIpc) is 3.26. The Kier molecular flexibility index (Phi) is 7.39. The summed E-state index contributed by atoms with van der Waals surface area (Å²) in [5, 5.41) is 7.03. The van der Waals surface area contributed by atoms with Crippen LogP contribution in [0.25, 0.3) is 0 Å². The Labute approximate surface area is 191 Å². The van der Waals surface area contributed by atoms with E-state index in [0.717, 1.165) is 23.5 Å². The summed E-state index contributed by atoms with van der Waals surface area (Å²) in [7, 11) is 0. The smallest absolute Gasteiger partial charge is 0.244 e. The number of amides is 2. The monoisotopic (exact) mass is 451 g/mol. The van der Waals surface area contributed by atoms with Gasteiger partial charge in [0.2, 0.25) is 11.8 Å². The highest BCUT2D eigenvalue weighted by atomic mass is 32.2. The van der Waals surface area contributed by atoms with Crippen molar-refractivity contribution in [2.75, 3.05) is 24.2 Å². The van der Waals surface area contributed by atoms with E-state index in [9.17, 15) is 9.59 Å². The minimum atomic E-state index is -0.111. The topological polar surface area (TPSA) is 89.4 Å². The molecule has 0 unspecified atom stereocenters. The molecule has 0 saturated carbocycles. The average molecular weight is 452 g/mol. The summed E-state index contributed by atoms with van der Waals surface area (Å²) in [5.74, 6) is 0.959. The lowest BCUT2D eigenvalue weighted by molar-refractivity contribution is -0.133. The number of anilines is 1. The van der Waals surface area contributed by atoms with E-state index in [2.05, 4.69) is 15.4 Å². The molecule has 1 saturated heterocycles. The Morgan fingerprint density at radius 2 is 1.91 bits per heavy atom. The van der Waals surface area contributed by atoms with Gasteiger partial charge in [-0.05, 0) is 24.3 Å². The Balaban J connectivity index is 1.19. The second-order valence-corrected chi connectivity index (χ2v) is 8.51. The number of rotatable bonds is 8. The Bertz CT molecular complexity index is 1020. The number of aromatic nitrogens is 3. The number of nitrogens with one attached hydrogen (secondary N) is 1. The molecule has 9 heteroatoms. The zero-order valence-corrected chi connectivity index (χ0v) is 18.4. The molecule has 1 aromatic carbocycles. The summed E-state index contributed by atoms with van der Waals surface area (Å²) in [5.41, 5.74) is 0.583. The third-order valence-electron chi connectivity index (χ3n) is 5.06. The molecule has 8 nitrogen and oxygen atoms in total. The third kappa shape index (κ3) is 6.34. The van der Waals surface area contributed by atoms with Crippen LogP contribution in [-0.2, 0) is 16.1 Å². The fraction of sp³-hybridized carbons (Fsp3) is 0.304. The van der Waals surface area contributed by atoms with Crippen molar-refractivity contribution >= 4 is 29.3 Å². The molecule has 0 aliphatic carbocycles. The highest BCUT2D eigenvalue weighted by Crippen LogP contribution is 2.19. The van der Waals surface area contributed by atoms with Crippen molar-refractivity contribution in [2.24, 2.45) is 0 Å². The number of likely N-dealkylation sites (tertiary alicyclic amines) is 1. The summed E-state index contributed by atoms with van der Waals surface area (Å²) >= 11 is 1.47. The van der Waals surface area contributed by atoms with E-state index >= 15 is 0 Å². The fourth-order valence-corrected chi connectivity index (χ4v) is 4.17. The van der Waals surface area contributed by atoms with E-state index in [1.165, 1.54) is 11.8 Å². The lowest BCUT2D eigenvalue weighted by Crippen LogP contribution is -2.43. The van der Waals surface area contributed by atoms with Crippen molar-refractivity contribution < 1.29 is 14.3 Å². The molecule has 1 fully saturated rings. The van der Waals surface area contributed by atoms with Gasteiger partial charge in [0.1, 0.15) is 18.4 Å². The van der Waals surface area contributed by atoms with Crippen molar-refractivity contribution in [3.63, 3.8) is 0 Å². The van der Waals surface area contributed by atoms with Crippen LogP contribution in [0.15, 0.2) is 72.1 Å². The van der Waals surface area contributed by atoms with Crippen LogP contribution in [0.3, 0.4) is 0 Å². The standard InChI is InChI=1S/C23H25N5O3S/c29-22(17-32-21-6-2-1-3-7-21)26-18-13-25-28(15-18)16-23(30)27-11-8-19(9-12-27)31-20-5-4-10-24-14-20/h1-7,10,13-15,19H,8-9,11-12,16-17H2,(H,26,29). The molecule has 0 spiro atoms. The number of benzene rings is 1. The summed E-state index contributed by atoms with van der Waals surface area (Å²) in [4.78, 5) is 31.7. The first-order chi connectivity index (χ1) is 15.7. The molecular formula is C23H25N5O3S. The SMILES string of the molecule is O=C(CSc1ccccc1)Nc1cnn(CC(=O)N2CCC(Oc3cccnc3)CC2)c1. The minimum absolute atomic E-state index is 0.00503. The van der Waals surface area contributed by atoms with Gasteiger partial charge >= 0.3 is 0 Å². The molecule has 2 amide bonds. The Morgan fingerprint density at radius 3 is 2.66 bits per heavy atom. The number of piperidine rings is 1. The van der Waals surface area contributed by atoms with Gasteiger partial charge in [0.05, 0.1) is 23.8 Å². The van der Waals surface area contributed by atoms with Crippen molar-refractivity contribution in [2.45, 2.75) is 30.4 Å². The molecule has 3 aromatic rings. The fourth-order valence-electron chi connectivity index (χ4n) is 3.45. The Morgan fingerprint density at radius 1 is 1.09 bits per heavy atom. The number of nitrogens with zero attached hydrogens (tertiary/aromatic N) is 4. The molecule has 166 valence electrons. The molecule has 32 heavy (non-hydrogen) atoms. The Hall–Kier alpha value is -3.33. The van der Waals surface area contributed by atoms with Crippen molar-refractivity contribution in [1.29, 1.82) is 0 Å². The highest BCUT2D eigenvalue weighted by Gasteiger charge is 2.24. The molecule has 3 heterocycles. The molecule has 1 N–H and O–H groups in total. The number of ether oxygens (including phenoxy) is 1. The van der Waals surface area contributed by atoms with Crippen LogP contribution in [0.1, 0.15) is 12.8 Å². The van der Waals surface area contributed by atoms with Gasteiger partial charge in [0.25, 0.3) is 0 Å². The van der Waals surface area contributed by atoms with Gasteiger partial charge in [-0.1, -0.05) is 18.2 Å². The zero-order valence-electron chi connectivity index (χ0n) is 17.6. The largest absolute Gasteiger partial charge is 0.489 e. The van der Waals surface area contributed by atoms with Gasteiger partial charge in [0.15, 0.2) is 0 Å². The number of carbonyl (C=O) groups is 2. The summed E-state index contributed by atoms with van der Waals surface area (Å²) in [6.45, 7) is 1.43. The summed E-state index contributed by atoms with van der Waals surface area (Å²) in [6, 6.07) is 13.5. The van der Waals surface area contributed by atoms with Gasteiger partial charge in [-0.25, -0.2) is 0 Å². The predicted octanol–water partition coefficient (Wildman–Crippen LogP) is 3.08. The first-order valence-electron chi connectivity index (χ1n) is 10.5. The van der Waals surface area contributed by atoms with E-state index in [1.807, 2.05) is 47.4 Å². The van der Waals surface area contributed by atoms with E-state index in [-0.39, 0.29) is 24.5 Å². The number of thioether (sulfide) groups is 1. The first kappa shape index (κ1) is 21.9. The van der Waals surface area contributed by atoms with Crippen LogP contribution in [-0.4, -0.2) is 56.4 Å². The number of pyridine rings is 1. The lowest BCUT2D eigenvalue weighted by atomic mass is 10.1. The predicted molar refractivity (Wildman–Crippen MR) is 122 cm³/mol. The molecule has 0 bridgehead atoms. The number of hydrogen-bond donors (Lipinski definition) is 1. The van der Waals surface area contributed by atoms with Gasteiger partial charge in [-0.15, -0.1) is 11.8 Å². The van der Waals surface area contributed by atoms with Crippen LogP contribution in [0, 0.1) is 0 Å². The van der Waals surface area contributed by atoms with Crippen LogP contribution in [0.4, 0.5) is 5.69 Å². The van der Waals surface area contributed by atoms with E-state index in [4.69, 9.17) is 4.74 Å². The molecule has 2 aromatic heterocycles. The number of carbonyl (C=O) groups excluding carboxylic acids is 2. The summed E-state index contributed by atoms with van der Waals surface area (Å²) < 4.78 is 7.49. The van der Waals surface area contributed by atoms with E-state index < -0.39 is 0 Å². The lowest BCUT2D eigenvalue weighted by Gasteiger charge is -2.32. The maximum atomic E-state index is 12.6. The molecule has 1 aliphatic rings. The third-order valence-corrected chi connectivity index (χ3v) is 6.07. The van der Waals surface area contributed by atoms with Gasteiger partial charge in [0, 0.05) is 43.2 Å². The number of hydrogen-bond acceptors (Lipinski definition) is 6. The second-order valence-electron chi connectivity index (χ2n) is 7.46. The molecule has 0 radical (unpaired) electrons. The van der Waals surface area contributed by atoms with Crippen molar-refractivity contribution in [3.8, 4) is 5.75 Å². The first-order valence-corrected chi connectivity index (χ1v) is 11.5. The highest BCUT2D eigenvalue weighted by molar-refractivity contribution is 8.00. The molecular weight excluding hydrogens is 426 g/mol. The maximum absolute atomic E-state index is 12.6. The van der Waals surface area contributed by atoms with Gasteiger partial charge in [-0.2, -0.15) is 5.10 Å². The van der Waals surface area contributed by atoms with Crippen LogP contribution in [0.2, 0.25) is 0 Å². The van der Waals surface area contributed by atoms with Crippen LogP contribution < -0.4 is 10.1 Å². The second kappa shape index (κ2) is 10.8.